The molecule has 178 valence electrons. The average molecular weight is 472 g/mol. The molecule has 4 rings (SSSR count). The molecule has 0 N–H and O–H groups in total. The van der Waals surface area contributed by atoms with Crippen molar-refractivity contribution in [3.63, 3.8) is 0 Å². The lowest BCUT2D eigenvalue weighted by molar-refractivity contribution is -0.155. The molecular weight excluding hydrogens is 438 g/mol. The van der Waals surface area contributed by atoms with Crippen molar-refractivity contribution in [1.82, 2.24) is 9.78 Å². The van der Waals surface area contributed by atoms with Crippen molar-refractivity contribution < 1.29 is 14.3 Å². The van der Waals surface area contributed by atoms with Crippen LogP contribution < -0.4 is 4.90 Å². The van der Waals surface area contributed by atoms with E-state index in [4.69, 9.17) is 16.3 Å². The second-order valence-corrected chi connectivity index (χ2v) is 10.9. The number of nitrogens with zero attached hydrogens (tertiary/aromatic N) is 3. The number of esters is 1. The van der Waals surface area contributed by atoms with Gasteiger partial charge in [-0.3, -0.25) is 14.3 Å². The van der Waals surface area contributed by atoms with E-state index in [0.717, 1.165) is 54.6 Å². The molecule has 0 spiro atoms. The first-order chi connectivity index (χ1) is 15.6. The standard InChI is InChI=1S/C26H34ClN3O3/c1-26(2,3)33-24(31)12-7-17-5-8-18(9-6-17)25(32)30-16-20-15-28-29(4)23(20)14-19-13-21(27)10-11-22(19)30/h10-11,13,15,17-18H,5-9,12,14,16H2,1-4H3. The molecule has 1 amide bonds. The van der Waals surface area contributed by atoms with Crippen molar-refractivity contribution in [2.45, 2.75) is 77.9 Å². The van der Waals surface area contributed by atoms with Gasteiger partial charge < -0.3 is 9.64 Å². The van der Waals surface area contributed by atoms with Gasteiger partial charge in [-0.25, -0.2) is 0 Å². The number of carbonyl (C=O) groups excluding carboxylic acids is 2. The van der Waals surface area contributed by atoms with Crippen LogP contribution in [0.1, 0.15) is 76.1 Å². The van der Waals surface area contributed by atoms with Crippen molar-refractivity contribution in [2.24, 2.45) is 18.9 Å². The maximum absolute atomic E-state index is 13.7. The summed E-state index contributed by atoms with van der Waals surface area (Å²) in [6.07, 6.45) is 7.52. The molecule has 33 heavy (non-hydrogen) atoms. The Kier molecular flexibility index (Phi) is 6.85. The van der Waals surface area contributed by atoms with Gasteiger partial charge in [-0.1, -0.05) is 11.6 Å². The van der Waals surface area contributed by atoms with Crippen LogP contribution in [-0.2, 0) is 34.3 Å². The number of benzene rings is 1. The Hall–Kier alpha value is -2.34. The highest BCUT2D eigenvalue weighted by molar-refractivity contribution is 6.30. The second kappa shape index (κ2) is 9.49. The molecule has 0 saturated heterocycles. The summed E-state index contributed by atoms with van der Waals surface area (Å²) in [5.41, 5.74) is 3.78. The van der Waals surface area contributed by atoms with Crippen molar-refractivity contribution >= 4 is 29.2 Å². The first-order valence-electron chi connectivity index (χ1n) is 11.9. The van der Waals surface area contributed by atoms with Crippen LogP contribution in [0, 0.1) is 11.8 Å². The highest BCUT2D eigenvalue weighted by Crippen LogP contribution is 2.37. The molecule has 0 bridgehead atoms. The Labute approximate surface area is 201 Å². The molecule has 2 aromatic rings. The van der Waals surface area contributed by atoms with Gasteiger partial charge in [-0.15, -0.1) is 0 Å². The Morgan fingerprint density at radius 2 is 1.88 bits per heavy atom. The van der Waals surface area contributed by atoms with Crippen LogP contribution in [0.4, 0.5) is 5.69 Å². The van der Waals surface area contributed by atoms with Gasteiger partial charge in [0, 0.05) is 47.8 Å². The largest absolute Gasteiger partial charge is 0.460 e. The third-order valence-electron chi connectivity index (χ3n) is 6.81. The summed E-state index contributed by atoms with van der Waals surface area (Å²) in [6.45, 7) is 6.22. The lowest BCUT2D eigenvalue weighted by Gasteiger charge is -2.32. The molecule has 6 nitrogen and oxygen atoms in total. The van der Waals surface area contributed by atoms with E-state index in [9.17, 15) is 9.59 Å². The first-order valence-corrected chi connectivity index (χ1v) is 12.3. The number of ether oxygens (including phenoxy) is 1. The molecule has 0 radical (unpaired) electrons. The maximum atomic E-state index is 13.7. The van der Waals surface area contributed by atoms with Crippen molar-refractivity contribution in [1.29, 1.82) is 0 Å². The predicted molar refractivity (Wildman–Crippen MR) is 129 cm³/mol. The fraction of sp³-hybridized carbons (Fsp3) is 0.577. The number of hydrogen-bond donors (Lipinski definition) is 0. The molecule has 1 aliphatic heterocycles. The summed E-state index contributed by atoms with van der Waals surface area (Å²) >= 11 is 6.29. The van der Waals surface area contributed by atoms with Gasteiger partial charge in [0.2, 0.25) is 5.91 Å². The van der Waals surface area contributed by atoms with Gasteiger partial charge in [-0.2, -0.15) is 5.10 Å². The number of aryl methyl sites for hydroxylation is 1. The molecule has 1 aromatic heterocycles. The third-order valence-corrected chi connectivity index (χ3v) is 7.04. The monoisotopic (exact) mass is 471 g/mol. The molecule has 0 atom stereocenters. The molecule has 7 heteroatoms. The summed E-state index contributed by atoms with van der Waals surface area (Å²) in [5.74, 6) is 0.528. The minimum Gasteiger partial charge on any atom is -0.460 e. The molecule has 1 aliphatic carbocycles. The van der Waals surface area contributed by atoms with Crippen LogP contribution in [0.5, 0.6) is 0 Å². The van der Waals surface area contributed by atoms with Crippen molar-refractivity contribution in [2.75, 3.05) is 4.90 Å². The first kappa shape index (κ1) is 23.8. The Balaban J connectivity index is 1.42. The van der Waals surface area contributed by atoms with Gasteiger partial charge in [0.1, 0.15) is 5.60 Å². The molecule has 0 unspecified atom stereocenters. The molecule has 1 aromatic carbocycles. The zero-order chi connectivity index (χ0) is 23.8. The van der Waals surface area contributed by atoms with E-state index in [-0.39, 0.29) is 17.8 Å². The summed E-state index contributed by atoms with van der Waals surface area (Å²) < 4.78 is 7.33. The number of hydrogen-bond acceptors (Lipinski definition) is 4. The summed E-state index contributed by atoms with van der Waals surface area (Å²) in [5, 5.41) is 5.09. The number of amides is 1. The summed E-state index contributed by atoms with van der Waals surface area (Å²) in [4.78, 5) is 27.7. The fourth-order valence-corrected chi connectivity index (χ4v) is 5.29. The Morgan fingerprint density at radius 3 is 2.58 bits per heavy atom. The summed E-state index contributed by atoms with van der Waals surface area (Å²) in [6, 6.07) is 5.80. The third kappa shape index (κ3) is 5.60. The zero-order valence-corrected chi connectivity index (χ0v) is 20.8. The minimum atomic E-state index is -0.441. The van der Waals surface area contributed by atoms with Gasteiger partial charge in [0.15, 0.2) is 0 Å². The summed E-state index contributed by atoms with van der Waals surface area (Å²) in [7, 11) is 1.94. The quantitative estimate of drug-likeness (QED) is 0.557. The predicted octanol–water partition coefficient (Wildman–Crippen LogP) is 5.44. The van der Waals surface area contributed by atoms with E-state index in [2.05, 4.69) is 5.10 Å². The highest BCUT2D eigenvalue weighted by Gasteiger charge is 2.33. The van der Waals surface area contributed by atoms with Crippen LogP contribution in [0.15, 0.2) is 24.4 Å². The van der Waals surface area contributed by atoms with E-state index in [1.54, 1.807) is 0 Å². The second-order valence-electron chi connectivity index (χ2n) is 10.5. The van der Waals surface area contributed by atoms with Crippen LogP contribution in [0.2, 0.25) is 5.02 Å². The number of carbonyl (C=O) groups is 2. The Morgan fingerprint density at radius 1 is 1.15 bits per heavy atom. The van der Waals surface area contributed by atoms with Crippen LogP contribution in [-0.4, -0.2) is 27.3 Å². The fourth-order valence-electron chi connectivity index (χ4n) is 5.09. The topological polar surface area (TPSA) is 64.4 Å². The molecular formula is C26H34ClN3O3. The van der Waals surface area contributed by atoms with Crippen molar-refractivity contribution in [3.8, 4) is 0 Å². The normalized spacial score (nSPS) is 20.6. The number of anilines is 1. The van der Waals surface area contributed by atoms with E-state index in [1.165, 1.54) is 0 Å². The van der Waals surface area contributed by atoms with E-state index >= 15 is 0 Å². The van der Waals surface area contributed by atoms with E-state index < -0.39 is 5.60 Å². The number of aromatic nitrogens is 2. The number of fused-ring (bicyclic) bond motifs is 2. The molecule has 1 saturated carbocycles. The maximum Gasteiger partial charge on any atom is 0.306 e. The molecule has 1 fully saturated rings. The lowest BCUT2D eigenvalue weighted by atomic mass is 9.79. The number of halogens is 1. The van der Waals surface area contributed by atoms with Crippen molar-refractivity contribution in [3.05, 3.63) is 46.2 Å². The smallest absolute Gasteiger partial charge is 0.306 e. The average Bonchev–Trinajstić information content (AvgIpc) is 3.00. The van der Waals surface area contributed by atoms with E-state index in [0.29, 0.717) is 30.3 Å². The van der Waals surface area contributed by atoms with Crippen LogP contribution in [0.3, 0.4) is 0 Å². The zero-order valence-electron chi connectivity index (χ0n) is 20.1. The van der Waals surface area contributed by atoms with Gasteiger partial charge in [0.25, 0.3) is 0 Å². The lowest BCUT2D eigenvalue weighted by Crippen LogP contribution is -2.37. The molecule has 2 heterocycles. The van der Waals surface area contributed by atoms with Gasteiger partial charge >= 0.3 is 5.97 Å². The van der Waals surface area contributed by atoms with Gasteiger partial charge in [-0.05, 0) is 82.6 Å². The van der Waals surface area contributed by atoms with Gasteiger partial charge in [0.05, 0.1) is 12.7 Å². The van der Waals surface area contributed by atoms with Crippen LogP contribution in [0.25, 0.3) is 0 Å². The number of rotatable bonds is 4. The Bertz CT molecular complexity index is 1030. The van der Waals surface area contributed by atoms with Crippen LogP contribution >= 0.6 is 11.6 Å². The minimum absolute atomic E-state index is 0.00419. The SMILES string of the molecule is Cn1ncc2c1Cc1cc(Cl)ccc1N(C(=O)C1CCC(CCC(=O)OC(C)(C)C)CC1)C2. The van der Waals surface area contributed by atoms with E-state index in [1.807, 2.05) is 61.8 Å². The molecule has 2 aliphatic rings. The highest BCUT2D eigenvalue weighted by atomic mass is 35.5.